The Kier molecular flexibility index (Phi) is 3.30. The van der Waals surface area contributed by atoms with Gasteiger partial charge in [0.2, 0.25) is 0 Å². The molecule has 1 amide bonds. The summed E-state index contributed by atoms with van der Waals surface area (Å²) in [6.45, 7) is 6.13. The summed E-state index contributed by atoms with van der Waals surface area (Å²) in [5.74, 6) is 0.0718. The molecule has 88 valence electrons. The minimum absolute atomic E-state index is 0.0414. The van der Waals surface area contributed by atoms with Crippen LogP contribution in [0, 0.1) is 6.92 Å². The molecule has 2 N–H and O–H groups in total. The first-order chi connectivity index (χ1) is 7.59. The molecule has 0 bridgehead atoms. The van der Waals surface area contributed by atoms with E-state index in [0.717, 1.165) is 30.8 Å². The average molecular weight is 238 g/mol. The van der Waals surface area contributed by atoms with Gasteiger partial charge >= 0.3 is 0 Å². The molecule has 0 aromatic carbocycles. The molecule has 3 nitrogen and oxygen atoms in total. The molecule has 1 aliphatic rings. The minimum Gasteiger partial charge on any atom is -0.346 e. The zero-order valence-corrected chi connectivity index (χ0v) is 10.6. The van der Waals surface area contributed by atoms with Crippen molar-refractivity contribution in [2.45, 2.75) is 32.2 Å². The summed E-state index contributed by atoms with van der Waals surface area (Å²) in [6.07, 6.45) is 2.01. The lowest BCUT2D eigenvalue weighted by Gasteiger charge is -2.34. The predicted molar refractivity (Wildman–Crippen MR) is 67.0 cm³/mol. The fraction of sp³-hybridized carbons (Fsp3) is 0.583. The number of hydrogen-bond acceptors (Lipinski definition) is 3. The second-order valence-electron chi connectivity index (χ2n) is 4.68. The van der Waals surface area contributed by atoms with Gasteiger partial charge in [-0.2, -0.15) is 0 Å². The van der Waals surface area contributed by atoms with Crippen molar-refractivity contribution < 1.29 is 4.79 Å². The van der Waals surface area contributed by atoms with Crippen LogP contribution >= 0.6 is 11.3 Å². The molecule has 0 aliphatic carbocycles. The summed E-state index contributed by atoms with van der Waals surface area (Å²) in [5, 5.41) is 6.46. The zero-order chi connectivity index (χ0) is 11.6. The lowest BCUT2D eigenvalue weighted by Crippen LogP contribution is -2.52. The highest BCUT2D eigenvalue weighted by atomic mass is 32.1. The number of thiophene rings is 1. The molecular formula is C12H18N2OS. The number of carbonyl (C=O) groups is 1. The molecule has 1 aromatic rings. The van der Waals surface area contributed by atoms with Crippen LogP contribution in [0.25, 0.3) is 0 Å². The molecule has 1 saturated heterocycles. The molecule has 1 fully saturated rings. The smallest absolute Gasteiger partial charge is 0.261 e. The van der Waals surface area contributed by atoms with E-state index in [2.05, 4.69) is 17.6 Å². The van der Waals surface area contributed by atoms with E-state index in [9.17, 15) is 4.79 Å². The van der Waals surface area contributed by atoms with Crippen LogP contribution in [0.5, 0.6) is 0 Å². The predicted octanol–water partition coefficient (Wildman–Crippen LogP) is 1.93. The fourth-order valence-electron chi connectivity index (χ4n) is 2.00. The zero-order valence-electron chi connectivity index (χ0n) is 9.80. The van der Waals surface area contributed by atoms with Gasteiger partial charge in [-0.05, 0) is 51.9 Å². The third-order valence-electron chi connectivity index (χ3n) is 3.09. The van der Waals surface area contributed by atoms with Gasteiger partial charge in [-0.3, -0.25) is 4.79 Å². The van der Waals surface area contributed by atoms with Crippen LogP contribution in [-0.2, 0) is 0 Å². The maximum Gasteiger partial charge on any atom is 0.261 e. The van der Waals surface area contributed by atoms with Crippen molar-refractivity contribution in [3.05, 3.63) is 21.9 Å². The molecule has 2 rings (SSSR count). The number of aryl methyl sites for hydroxylation is 1. The van der Waals surface area contributed by atoms with E-state index in [1.54, 1.807) is 11.3 Å². The second kappa shape index (κ2) is 4.55. The molecular weight excluding hydrogens is 220 g/mol. The Hall–Kier alpha value is -0.870. The molecule has 0 radical (unpaired) electrons. The topological polar surface area (TPSA) is 41.1 Å². The van der Waals surface area contributed by atoms with Gasteiger partial charge in [-0.1, -0.05) is 0 Å². The van der Waals surface area contributed by atoms with Gasteiger partial charge < -0.3 is 10.6 Å². The van der Waals surface area contributed by atoms with Gasteiger partial charge in [-0.15, -0.1) is 11.3 Å². The van der Waals surface area contributed by atoms with Gasteiger partial charge in [0.05, 0.1) is 4.88 Å². The molecule has 4 heteroatoms. The van der Waals surface area contributed by atoms with Gasteiger partial charge in [0.1, 0.15) is 0 Å². The Morgan fingerprint density at radius 3 is 2.69 bits per heavy atom. The van der Waals surface area contributed by atoms with Crippen LogP contribution in [0.15, 0.2) is 12.1 Å². The third-order valence-corrected chi connectivity index (χ3v) is 4.09. The van der Waals surface area contributed by atoms with E-state index in [0.29, 0.717) is 0 Å². The molecule has 16 heavy (non-hydrogen) atoms. The van der Waals surface area contributed by atoms with E-state index in [-0.39, 0.29) is 11.4 Å². The van der Waals surface area contributed by atoms with Crippen molar-refractivity contribution in [3.8, 4) is 0 Å². The molecule has 0 spiro atoms. The summed E-state index contributed by atoms with van der Waals surface area (Å²) in [4.78, 5) is 14.0. The standard InChI is InChI=1S/C12H18N2OS/c1-9-3-4-10(16-9)11(15)14-12(2)5-7-13-8-6-12/h3-4,13H,5-8H2,1-2H3,(H,14,15). The van der Waals surface area contributed by atoms with Crippen molar-refractivity contribution in [1.29, 1.82) is 0 Å². The molecule has 0 saturated carbocycles. The van der Waals surface area contributed by atoms with Crippen LogP contribution in [0.2, 0.25) is 0 Å². The average Bonchev–Trinajstić information content (AvgIpc) is 2.65. The summed E-state index contributed by atoms with van der Waals surface area (Å²) < 4.78 is 0. The molecule has 1 aliphatic heterocycles. The molecule has 2 heterocycles. The summed E-state index contributed by atoms with van der Waals surface area (Å²) in [5.41, 5.74) is -0.0414. The van der Waals surface area contributed by atoms with E-state index in [1.807, 2.05) is 19.1 Å². The number of amides is 1. The molecule has 0 unspecified atom stereocenters. The summed E-state index contributed by atoms with van der Waals surface area (Å²) >= 11 is 1.56. The third kappa shape index (κ3) is 2.62. The SMILES string of the molecule is Cc1ccc(C(=O)NC2(C)CCNCC2)s1. The Morgan fingerprint density at radius 1 is 1.44 bits per heavy atom. The van der Waals surface area contributed by atoms with Gasteiger partial charge in [0, 0.05) is 10.4 Å². The maximum atomic E-state index is 12.0. The van der Waals surface area contributed by atoms with Gasteiger partial charge in [0.15, 0.2) is 0 Å². The monoisotopic (exact) mass is 238 g/mol. The van der Waals surface area contributed by atoms with Crippen molar-refractivity contribution in [3.63, 3.8) is 0 Å². The number of piperidine rings is 1. The van der Waals surface area contributed by atoms with Crippen molar-refractivity contribution in [2.75, 3.05) is 13.1 Å². The highest BCUT2D eigenvalue weighted by Crippen LogP contribution is 2.20. The number of rotatable bonds is 2. The highest BCUT2D eigenvalue weighted by molar-refractivity contribution is 7.13. The van der Waals surface area contributed by atoms with E-state index < -0.39 is 0 Å². The van der Waals surface area contributed by atoms with Crippen LogP contribution in [-0.4, -0.2) is 24.5 Å². The van der Waals surface area contributed by atoms with E-state index in [4.69, 9.17) is 0 Å². The number of hydrogen-bond donors (Lipinski definition) is 2. The van der Waals surface area contributed by atoms with Crippen LogP contribution in [0.4, 0.5) is 0 Å². The first kappa shape index (κ1) is 11.6. The Balaban J connectivity index is 2.01. The van der Waals surface area contributed by atoms with E-state index >= 15 is 0 Å². The lowest BCUT2D eigenvalue weighted by atomic mass is 9.90. The van der Waals surface area contributed by atoms with Crippen LogP contribution < -0.4 is 10.6 Å². The number of carbonyl (C=O) groups excluding carboxylic acids is 1. The summed E-state index contributed by atoms with van der Waals surface area (Å²) in [6, 6.07) is 3.89. The summed E-state index contributed by atoms with van der Waals surface area (Å²) in [7, 11) is 0. The van der Waals surface area contributed by atoms with Crippen molar-refractivity contribution in [1.82, 2.24) is 10.6 Å². The Morgan fingerprint density at radius 2 is 2.12 bits per heavy atom. The second-order valence-corrected chi connectivity index (χ2v) is 5.96. The van der Waals surface area contributed by atoms with E-state index in [1.165, 1.54) is 4.88 Å². The van der Waals surface area contributed by atoms with Crippen LogP contribution in [0.3, 0.4) is 0 Å². The number of nitrogens with one attached hydrogen (secondary N) is 2. The lowest BCUT2D eigenvalue weighted by molar-refractivity contribution is 0.0892. The maximum absolute atomic E-state index is 12.0. The fourth-order valence-corrected chi connectivity index (χ4v) is 2.76. The van der Waals surface area contributed by atoms with Crippen molar-refractivity contribution in [2.24, 2.45) is 0 Å². The molecule has 0 atom stereocenters. The van der Waals surface area contributed by atoms with Gasteiger partial charge in [0.25, 0.3) is 5.91 Å². The van der Waals surface area contributed by atoms with Crippen LogP contribution in [0.1, 0.15) is 34.3 Å². The highest BCUT2D eigenvalue weighted by Gasteiger charge is 2.28. The first-order valence-corrected chi connectivity index (χ1v) is 6.50. The Labute approximate surface area is 100 Å². The Bertz CT molecular complexity index is 380. The molecule has 1 aromatic heterocycles. The quantitative estimate of drug-likeness (QED) is 0.826. The normalized spacial score (nSPS) is 19.4. The van der Waals surface area contributed by atoms with Gasteiger partial charge in [-0.25, -0.2) is 0 Å². The van der Waals surface area contributed by atoms with Crippen molar-refractivity contribution >= 4 is 17.2 Å². The minimum atomic E-state index is -0.0414. The first-order valence-electron chi connectivity index (χ1n) is 5.69. The largest absolute Gasteiger partial charge is 0.346 e.